The number of halogens is 1. The van der Waals surface area contributed by atoms with Gasteiger partial charge in [0, 0.05) is 6.61 Å². The maximum atomic E-state index is 13.5. The third kappa shape index (κ3) is 2.67. The van der Waals surface area contributed by atoms with Crippen molar-refractivity contribution in [2.45, 2.75) is 45.3 Å². The highest BCUT2D eigenvalue weighted by atomic mass is 19.1. The van der Waals surface area contributed by atoms with Crippen LogP contribution in [0, 0.1) is 19.7 Å². The molecule has 2 atom stereocenters. The lowest BCUT2D eigenvalue weighted by Gasteiger charge is -2.28. The van der Waals surface area contributed by atoms with E-state index in [4.69, 9.17) is 10.5 Å². The molecule has 3 heteroatoms. The molecule has 1 heterocycles. The van der Waals surface area contributed by atoms with Gasteiger partial charge in [0.2, 0.25) is 0 Å². The molecule has 2 unspecified atom stereocenters. The van der Waals surface area contributed by atoms with E-state index in [9.17, 15) is 4.39 Å². The number of ether oxygens (including phenoxy) is 1. The second kappa shape index (κ2) is 5.15. The first-order valence-corrected chi connectivity index (χ1v) is 6.23. The maximum Gasteiger partial charge on any atom is 0.129 e. The van der Waals surface area contributed by atoms with E-state index >= 15 is 0 Å². The highest BCUT2D eigenvalue weighted by molar-refractivity contribution is 5.32. The minimum absolute atomic E-state index is 0.0769. The Morgan fingerprint density at radius 2 is 1.94 bits per heavy atom. The van der Waals surface area contributed by atoms with E-state index in [1.165, 1.54) is 0 Å². The van der Waals surface area contributed by atoms with Gasteiger partial charge in [0.1, 0.15) is 5.82 Å². The Morgan fingerprint density at radius 1 is 1.29 bits per heavy atom. The van der Waals surface area contributed by atoms with Gasteiger partial charge in [-0.05, 0) is 49.8 Å². The summed E-state index contributed by atoms with van der Waals surface area (Å²) in [5.41, 5.74) is 8.51. The molecule has 2 N–H and O–H groups in total. The van der Waals surface area contributed by atoms with Crippen LogP contribution < -0.4 is 5.73 Å². The summed E-state index contributed by atoms with van der Waals surface area (Å²) in [6, 6.07) is 3.53. The molecule has 1 saturated heterocycles. The van der Waals surface area contributed by atoms with Gasteiger partial charge >= 0.3 is 0 Å². The van der Waals surface area contributed by atoms with Crippen molar-refractivity contribution in [1.82, 2.24) is 0 Å². The fourth-order valence-corrected chi connectivity index (χ4v) is 2.44. The fourth-order valence-electron chi connectivity index (χ4n) is 2.44. The van der Waals surface area contributed by atoms with Gasteiger partial charge in [-0.25, -0.2) is 4.39 Å². The monoisotopic (exact) mass is 237 g/mol. The first-order chi connectivity index (χ1) is 8.09. The number of rotatable bonds is 2. The van der Waals surface area contributed by atoms with Gasteiger partial charge in [-0.1, -0.05) is 12.1 Å². The minimum Gasteiger partial charge on any atom is -0.376 e. The van der Waals surface area contributed by atoms with Gasteiger partial charge in [0.15, 0.2) is 0 Å². The Morgan fingerprint density at radius 3 is 2.47 bits per heavy atom. The first kappa shape index (κ1) is 12.5. The Hall–Kier alpha value is -0.930. The smallest absolute Gasteiger partial charge is 0.129 e. The van der Waals surface area contributed by atoms with Crippen molar-refractivity contribution in [2.24, 2.45) is 5.73 Å². The highest BCUT2D eigenvalue weighted by Crippen LogP contribution is 2.26. The topological polar surface area (TPSA) is 35.2 Å². The van der Waals surface area contributed by atoms with E-state index in [2.05, 4.69) is 0 Å². The second-order valence-corrected chi connectivity index (χ2v) is 4.90. The van der Waals surface area contributed by atoms with Gasteiger partial charge in [0.25, 0.3) is 0 Å². The molecule has 1 aliphatic rings. The van der Waals surface area contributed by atoms with Crippen molar-refractivity contribution in [3.8, 4) is 0 Å². The maximum absolute atomic E-state index is 13.5. The van der Waals surface area contributed by atoms with Crippen molar-refractivity contribution in [3.63, 3.8) is 0 Å². The zero-order valence-electron chi connectivity index (χ0n) is 10.5. The molecular formula is C14H20FNO. The molecule has 0 amide bonds. The molecule has 1 aromatic carbocycles. The molecule has 94 valence electrons. The summed E-state index contributed by atoms with van der Waals surface area (Å²) < 4.78 is 19.2. The Balaban J connectivity index is 2.21. The van der Waals surface area contributed by atoms with Crippen LogP contribution in [-0.4, -0.2) is 12.7 Å². The molecule has 2 rings (SSSR count). The first-order valence-electron chi connectivity index (χ1n) is 6.23. The van der Waals surface area contributed by atoms with Crippen LogP contribution in [0.1, 0.15) is 42.0 Å². The lowest BCUT2D eigenvalue weighted by atomic mass is 9.94. The Bertz CT molecular complexity index is 376. The van der Waals surface area contributed by atoms with Crippen LogP contribution in [0.3, 0.4) is 0 Å². The summed E-state index contributed by atoms with van der Waals surface area (Å²) >= 11 is 0. The van der Waals surface area contributed by atoms with E-state index < -0.39 is 0 Å². The molecule has 17 heavy (non-hydrogen) atoms. The van der Waals surface area contributed by atoms with E-state index in [0.717, 1.165) is 31.4 Å². The molecule has 0 radical (unpaired) electrons. The van der Waals surface area contributed by atoms with Crippen molar-refractivity contribution in [3.05, 3.63) is 34.6 Å². The van der Waals surface area contributed by atoms with E-state index in [1.807, 2.05) is 12.1 Å². The average Bonchev–Trinajstić information content (AvgIpc) is 2.35. The number of aryl methyl sites for hydroxylation is 2. The molecule has 0 saturated carbocycles. The van der Waals surface area contributed by atoms with Crippen LogP contribution in [-0.2, 0) is 4.74 Å². The summed E-state index contributed by atoms with van der Waals surface area (Å²) in [5.74, 6) is -0.134. The lowest BCUT2D eigenvalue weighted by molar-refractivity contribution is -0.0000155. The molecule has 1 aliphatic heterocycles. The van der Waals surface area contributed by atoms with Crippen molar-refractivity contribution in [2.75, 3.05) is 6.61 Å². The highest BCUT2D eigenvalue weighted by Gasteiger charge is 2.23. The zero-order chi connectivity index (χ0) is 12.4. The average molecular weight is 237 g/mol. The molecule has 0 spiro atoms. The van der Waals surface area contributed by atoms with Gasteiger partial charge < -0.3 is 10.5 Å². The van der Waals surface area contributed by atoms with E-state index in [1.54, 1.807) is 13.8 Å². The summed E-state index contributed by atoms with van der Waals surface area (Å²) in [4.78, 5) is 0. The van der Waals surface area contributed by atoms with Crippen LogP contribution >= 0.6 is 0 Å². The van der Waals surface area contributed by atoms with Gasteiger partial charge in [-0.15, -0.1) is 0 Å². The summed E-state index contributed by atoms with van der Waals surface area (Å²) in [6.07, 6.45) is 3.35. The molecule has 0 bridgehead atoms. The molecule has 0 aromatic heterocycles. The summed E-state index contributed by atoms with van der Waals surface area (Å²) in [6.45, 7) is 4.35. The predicted molar refractivity (Wildman–Crippen MR) is 66.4 cm³/mol. The number of hydrogen-bond donors (Lipinski definition) is 1. The molecule has 2 nitrogen and oxygen atoms in total. The Labute approximate surface area is 102 Å². The van der Waals surface area contributed by atoms with Crippen LogP contribution in [0.4, 0.5) is 4.39 Å². The standard InChI is InChI=1S/C14H20FNO/c1-9-7-11(8-10(2)13(9)15)14(16)12-5-3-4-6-17-12/h7-8,12,14H,3-6,16H2,1-2H3. The molecule has 1 aromatic rings. The SMILES string of the molecule is Cc1cc(C(N)C2CCCCO2)cc(C)c1F. The van der Waals surface area contributed by atoms with Gasteiger partial charge in [-0.3, -0.25) is 0 Å². The largest absolute Gasteiger partial charge is 0.376 e. The quantitative estimate of drug-likeness (QED) is 0.858. The van der Waals surface area contributed by atoms with Crippen molar-refractivity contribution >= 4 is 0 Å². The number of nitrogens with two attached hydrogens (primary N) is 1. The Kier molecular flexibility index (Phi) is 3.79. The number of benzene rings is 1. The summed E-state index contributed by atoms with van der Waals surface area (Å²) in [5, 5.41) is 0. The van der Waals surface area contributed by atoms with E-state index in [0.29, 0.717) is 11.1 Å². The lowest BCUT2D eigenvalue weighted by Crippen LogP contribution is -2.32. The number of hydrogen-bond acceptors (Lipinski definition) is 2. The molecule has 0 aliphatic carbocycles. The fraction of sp³-hybridized carbons (Fsp3) is 0.571. The summed E-state index contributed by atoms with van der Waals surface area (Å²) in [7, 11) is 0. The van der Waals surface area contributed by atoms with Crippen LogP contribution in [0.5, 0.6) is 0 Å². The predicted octanol–water partition coefficient (Wildman–Crippen LogP) is 3.01. The zero-order valence-corrected chi connectivity index (χ0v) is 10.5. The van der Waals surface area contributed by atoms with Gasteiger partial charge in [-0.2, -0.15) is 0 Å². The minimum atomic E-state index is -0.145. The van der Waals surface area contributed by atoms with Gasteiger partial charge in [0.05, 0.1) is 12.1 Å². The van der Waals surface area contributed by atoms with E-state index in [-0.39, 0.29) is 18.0 Å². The van der Waals surface area contributed by atoms with Crippen LogP contribution in [0.2, 0.25) is 0 Å². The van der Waals surface area contributed by atoms with Crippen LogP contribution in [0.15, 0.2) is 12.1 Å². The molecular weight excluding hydrogens is 217 g/mol. The van der Waals surface area contributed by atoms with Crippen LogP contribution in [0.25, 0.3) is 0 Å². The molecule has 1 fully saturated rings. The van der Waals surface area contributed by atoms with Crippen molar-refractivity contribution < 1.29 is 9.13 Å². The third-order valence-electron chi connectivity index (χ3n) is 3.46. The third-order valence-corrected chi connectivity index (χ3v) is 3.46. The van der Waals surface area contributed by atoms with Crippen molar-refractivity contribution in [1.29, 1.82) is 0 Å². The second-order valence-electron chi connectivity index (χ2n) is 4.90. The normalized spacial score (nSPS) is 22.5.